The Balaban J connectivity index is 2.07. The number of nitrogens with zero attached hydrogens (tertiary/aromatic N) is 1. The lowest BCUT2D eigenvalue weighted by molar-refractivity contribution is 0.575. The molecule has 9 heteroatoms. The van der Waals surface area contributed by atoms with Crippen LogP contribution in [0.2, 0.25) is 0 Å². The topological polar surface area (TPSA) is 105 Å². The van der Waals surface area contributed by atoms with Gasteiger partial charge in [0.1, 0.15) is 0 Å². The van der Waals surface area contributed by atoms with Crippen LogP contribution in [-0.4, -0.2) is 28.4 Å². The van der Waals surface area contributed by atoms with Crippen molar-refractivity contribution >= 4 is 20.0 Å². The molecule has 0 spiro atoms. The van der Waals surface area contributed by atoms with Gasteiger partial charge in [-0.25, -0.2) is 26.3 Å². The summed E-state index contributed by atoms with van der Waals surface area (Å²) >= 11 is 0. The van der Waals surface area contributed by atoms with Gasteiger partial charge in [-0.3, -0.25) is 4.98 Å². The maximum atomic E-state index is 12.3. The summed E-state index contributed by atoms with van der Waals surface area (Å²) < 4.78 is 53.7. The molecular weight excluding hydrogens is 362 g/mol. The Bertz CT molecular complexity index is 881. The van der Waals surface area contributed by atoms with Crippen molar-refractivity contribution in [3.05, 3.63) is 54.4 Å². The van der Waals surface area contributed by atoms with Crippen molar-refractivity contribution in [3.8, 4) is 0 Å². The van der Waals surface area contributed by atoms with Crippen molar-refractivity contribution in [2.75, 3.05) is 6.54 Å². The molecule has 1 aromatic carbocycles. The first-order valence-electron chi connectivity index (χ1n) is 7.83. The molecule has 0 aliphatic rings. The molecule has 1 aromatic heterocycles. The summed E-state index contributed by atoms with van der Waals surface area (Å²) in [5.41, 5.74) is 0.776. The summed E-state index contributed by atoms with van der Waals surface area (Å²) in [6.07, 6.45) is 4.77. The summed E-state index contributed by atoms with van der Waals surface area (Å²) in [4.78, 5) is 3.91. The Morgan fingerprint density at radius 2 is 1.36 bits per heavy atom. The second-order valence-corrected chi connectivity index (χ2v) is 8.94. The van der Waals surface area contributed by atoms with Gasteiger partial charge in [-0.1, -0.05) is 13.3 Å². The summed E-state index contributed by atoms with van der Waals surface area (Å²) in [7, 11) is -7.35. The lowest BCUT2D eigenvalue weighted by Gasteiger charge is -2.09. The molecule has 0 saturated heterocycles. The second-order valence-electron chi connectivity index (χ2n) is 5.40. The van der Waals surface area contributed by atoms with Gasteiger partial charge >= 0.3 is 0 Å². The molecule has 2 N–H and O–H groups in total. The number of sulfonamides is 2. The molecule has 1 heterocycles. The van der Waals surface area contributed by atoms with Crippen LogP contribution in [0.1, 0.15) is 25.3 Å². The third-order valence-electron chi connectivity index (χ3n) is 3.48. The third-order valence-corrected chi connectivity index (χ3v) is 6.38. The minimum Gasteiger partial charge on any atom is -0.265 e. The van der Waals surface area contributed by atoms with E-state index in [1.807, 2.05) is 6.92 Å². The van der Waals surface area contributed by atoms with E-state index in [0.29, 0.717) is 6.54 Å². The highest BCUT2D eigenvalue weighted by Gasteiger charge is 2.17. The van der Waals surface area contributed by atoms with Gasteiger partial charge in [-0.05, 0) is 48.4 Å². The number of hydrogen-bond donors (Lipinski definition) is 2. The molecule has 2 rings (SSSR count). The molecule has 7 nitrogen and oxygen atoms in total. The fraction of sp³-hybridized carbons (Fsp3) is 0.312. The maximum Gasteiger partial charge on any atom is 0.240 e. The molecule has 136 valence electrons. The van der Waals surface area contributed by atoms with E-state index in [1.165, 1.54) is 24.3 Å². The minimum atomic E-state index is -3.73. The fourth-order valence-corrected chi connectivity index (χ4v) is 4.12. The van der Waals surface area contributed by atoms with E-state index in [-0.39, 0.29) is 16.3 Å². The van der Waals surface area contributed by atoms with E-state index >= 15 is 0 Å². The Kier molecular flexibility index (Phi) is 6.65. The van der Waals surface area contributed by atoms with Crippen LogP contribution < -0.4 is 9.44 Å². The van der Waals surface area contributed by atoms with Crippen molar-refractivity contribution in [1.29, 1.82) is 0 Å². The number of nitrogens with one attached hydrogen (secondary N) is 2. The zero-order chi connectivity index (χ0) is 18.3. The molecule has 0 aliphatic heterocycles. The molecule has 0 amide bonds. The van der Waals surface area contributed by atoms with Crippen molar-refractivity contribution in [1.82, 2.24) is 14.4 Å². The highest BCUT2D eigenvalue weighted by Crippen LogP contribution is 2.15. The van der Waals surface area contributed by atoms with Crippen molar-refractivity contribution in [2.24, 2.45) is 0 Å². The Morgan fingerprint density at radius 3 is 1.88 bits per heavy atom. The van der Waals surface area contributed by atoms with Gasteiger partial charge in [-0.15, -0.1) is 0 Å². The Labute approximate surface area is 148 Å². The van der Waals surface area contributed by atoms with E-state index in [9.17, 15) is 16.8 Å². The van der Waals surface area contributed by atoms with Crippen LogP contribution in [0.15, 0.2) is 58.6 Å². The number of rotatable bonds is 9. The summed E-state index contributed by atoms with van der Waals surface area (Å²) in [5, 5.41) is 0. The molecule has 25 heavy (non-hydrogen) atoms. The summed E-state index contributed by atoms with van der Waals surface area (Å²) in [5.74, 6) is 0. The normalized spacial score (nSPS) is 12.2. The first-order valence-corrected chi connectivity index (χ1v) is 10.8. The van der Waals surface area contributed by atoms with E-state index in [0.717, 1.165) is 18.4 Å². The predicted octanol–water partition coefficient (Wildman–Crippen LogP) is 1.64. The zero-order valence-electron chi connectivity index (χ0n) is 13.8. The van der Waals surface area contributed by atoms with Crippen LogP contribution >= 0.6 is 0 Å². The Morgan fingerprint density at radius 1 is 0.840 bits per heavy atom. The molecule has 0 aliphatic carbocycles. The number of pyridine rings is 1. The number of hydrogen-bond acceptors (Lipinski definition) is 5. The second kappa shape index (κ2) is 8.52. The fourth-order valence-electron chi connectivity index (χ4n) is 2.03. The van der Waals surface area contributed by atoms with Gasteiger partial charge in [0.15, 0.2) is 0 Å². The van der Waals surface area contributed by atoms with Crippen LogP contribution in [0, 0.1) is 0 Å². The number of unbranched alkanes of at least 4 members (excludes halogenated alkanes) is 1. The van der Waals surface area contributed by atoms with E-state index in [2.05, 4.69) is 14.4 Å². The first kappa shape index (κ1) is 19.5. The molecule has 0 unspecified atom stereocenters. The van der Waals surface area contributed by atoms with Crippen molar-refractivity contribution in [2.45, 2.75) is 36.1 Å². The molecule has 2 aromatic rings. The van der Waals surface area contributed by atoms with Gasteiger partial charge in [0.25, 0.3) is 0 Å². The smallest absolute Gasteiger partial charge is 0.240 e. The average Bonchev–Trinajstić information content (AvgIpc) is 2.61. The Hall–Kier alpha value is -1.81. The highest BCUT2D eigenvalue weighted by atomic mass is 32.2. The quantitative estimate of drug-likeness (QED) is 0.641. The van der Waals surface area contributed by atoms with E-state index in [1.54, 1.807) is 24.5 Å². The largest absolute Gasteiger partial charge is 0.265 e. The summed E-state index contributed by atoms with van der Waals surface area (Å²) in [6.45, 7) is 2.45. The molecule has 0 bridgehead atoms. The van der Waals surface area contributed by atoms with Crippen molar-refractivity contribution in [3.63, 3.8) is 0 Å². The van der Waals surface area contributed by atoms with Gasteiger partial charge in [0.05, 0.1) is 9.79 Å². The minimum absolute atomic E-state index is 0.00839. The standard InChI is InChI=1S/C16H21N3O4S2/c1-2-3-10-18-24(20,21)15-4-6-16(7-5-15)25(22,23)19-13-14-8-11-17-12-9-14/h4-9,11-12,18-19H,2-3,10,13H2,1H3. The maximum absolute atomic E-state index is 12.3. The molecular formula is C16H21N3O4S2. The van der Waals surface area contributed by atoms with E-state index < -0.39 is 20.0 Å². The summed E-state index contributed by atoms with van der Waals surface area (Å²) in [6, 6.07) is 8.55. The van der Waals surface area contributed by atoms with Gasteiger partial charge in [0, 0.05) is 25.5 Å². The molecule has 0 saturated carbocycles. The van der Waals surface area contributed by atoms with Crippen LogP contribution in [0.4, 0.5) is 0 Å². The monoisotopic (exact) mass is 383 g/mol. The predicted molar refractivity (Wildman–Crippen MR) is 94.8 cm³/mol. The van der Waals surface area contributed by atoms with Gasteiger partial charge in [-0.2, -0.15) is 0 Å². The average molecular weight is 383 g/mol. The van der Waals surface area contributed by atoms with E-state index in [4.69, 9.17) is 0 Å². The third kappa shape index (κ3) is 5.60. The van der Waals surface area contributed by atoms with Crippen LogP contribution in [0.25, 0.3) is 0 Å². The molecule has 0 radical (unpaired) electrons. The van der Waals surface area contributed by atoms with Crippen molar-refractivity contribution < 1.29 is 16.8 Å². The first-order chi connectivity index (χ1) is 11.8. The highest BCUT2D eigenvalue weighted by molar-refractivity contribution is 7.90. The van der Waals surface area contributed by atoms with Crippen LogP contribution in [0.3, 0.4) is 0 Å². The van der Waals surface area contributed by atoms with Gasteiger partial charge < -0.3 is 0 Å². The lowest BCUT2D eigenvalue weighted by atomic mass is 10.3. The molecule has 0 atom stereocenters. The molecule has 0 fully saturated rings. The zero-order valence-corrected chi connectivity index (χ0v) is 15.5. The van der Waals surface area contributed by atoms with Gasteiger partial charge in [0.2, 0.25) is 20.0 Å². The number of aromatic nitrogens is 1. The lowest BCUT2D eigenvalue weighted by Crippen LogP contribution is -2.25. The van der Waals surface area contributed by atoms with Crippen LogP contribution in [0.5, 0.6) is 0 Å². The number of benzene rings is 1. The SMILES string of the molecule is CCCCNS(=O)(=O)c1ccc(S(=O)(=O)NCc2ccncc2)cc1. The van der Waals surface area contributed by atoms with Crippen LogP contribution in [-0.2, 0) is 26.6 Å².